The smallest absolute Gasteiger partial charge is 0.156 e. The minimum atomic E-state index is -0.0945. The first-order chi connectivity index (χ1) is 8.15. The molecule has 17 heavy (non-hydrogen) atoms. The Morgan fingerprint density at radius 2 is 2.00 bits per heavy atom. The van der Waals surface area contributed by atoms with Crippen molar-refractivity contribution >= 4 is 5.84 Å². The summed E-state index contributed by atoms with van der Waals surface area (Å²) in [5, 5.41) is 14.7. The number of nitrogens with one attached hydrogen (secondary N) is 1. The van der Waals surface area contributed by atoms with Crippen molar-refractivity contribution in [1.29, 1.82) is 0 Å². The van der Waals surface area contributed by atoms with Crippen molar-refractivity contribution in [3.8, 4) is 0 Å². The first kappa shape index (κ1) is 13.5. The van der Waals surface area contributed by atoms with Crippen LogP contribution in [0.2, 0.25) is 0 Å². The highest BCUT2D eigenvalue weighted by molar-refractivity contribution is 5.84. The lowest BCUT2D eigenvalue weighted by atomic mass is 9.98. The lowest BCUT2D eigenvalue weighted by Crippen LogP contribution is -2.39. The third-order valence-corrected chi connectivity index (χ3v) is 2.96. The summed E-state index contributed by atoms with van der Waals surface area (Å²) < 4.78 is 0. The van der Waals surface area contributed by atoms with E-state index in [2.05, 4.69) is 41.7 Å². The third kappa shape index (κ3) is 4.44. The number of hydrogen-bond acceptors (Lipinski definition) is 3. The summed E-state index contributed by atoms with van der Waals surface area (Å²) in [6.07, 6.45) is 1.02. The van der Waals surface area contributed by atoms with Gasteiger partial charge in [0.15, 0.2) is 5.84 Å². The molecule has 0 aliphatic carbocycles. The molecule has 94 valence electrons. The highest BCUT2D eigenvalue weighted by Crippen LogP contribution is 2.17. The van der Waals surface area contributed by atoms with Gasteiger partial charge in [0.25, 0.3) is 0 Å². The predicted molar refractivity (Wildman–Crippen MR) is 70.3 cm³/mol. The molecule has 0 heterocycles. The van der Waals surface area contributed by atoms with Gasteiger partial charge in [-0.25, -0.2) is 0 Å². The molecule has 1 aromatic rings. The molecule has 0 aliphatic rings. The fraction of sp³-hybridized carbons (Fsp3) is 0.462. The lowest BCUT2D eigenvalue weighted by molar-refractivity contribution is 0.315. The second-order valence-corrected chi connectivity index (χ2v) is 4.30. The molecule has 0 aliphatic heterocycles. The minimum absolute atomic E-state index is 0.0945. The molecule has 0 fully saturated rings. The second kappa shape index (κ2) is 6.91. The van der Waals surface area contributed by atoms with Gasteiger partial charge in [0.1, 0.15) is 0 Å². The number of nitrogens with zero attached hydrogens (tertiary/aromatic N) is 1. The van der Waals surface area contributed by atoms with Gasteiger partial charge >= 0.3 is 0 Å². The zero-order valence-electron chi connectivity index (χ0n) is 10.4. The normalized spacial score (nSPS) is 15.5. The summed E-state index contributed by atoms with van der Waals surface area (Å²) in [5.41, 5.74) is 6.82. The lowest BCUT2D eigenvalue weighted by Gasteiger charge is -2.15. The molecule has 0 amide bonds. The van der Waals surface area contributed by atoms with E-state index in [0.29, 0.717) is 5.92 Å². The van der Waals surface area contributed by atoms with Crippen molar-refractivity contribution in [1.82, 2.24) is 5.32 Å². The highest BCUT2D eigenvalue weighted by Gasteiger charge is 2.08. The number of rotatable bonds is 6. The Bertz CT molecular complexity index is 351. The van der Waals surface area contributed by atoms with Crippen LogP contribution in [0.4, 0.5) is 0 Å². The van der Waals surface area contributed by atoms with E-state index < -0.39 is 0 Å². The number of benzene rings is 1. The van der Waals surface area contributed by atoms with E-state index in [9.17, 15) is 0 Å². The highest BCUT2D eigenvalue weighted by atomic mass is 16.4. The maximum absolute atomic E-state index is 8.51. The van der Waals surface area contributed by atoms with Crippen molar-refractivity contribution in [3.63, 3.8) is 0 Å². The van der Waals surface area contributed by atoms with Crippen LogP contribution in [0.25, 0.3) is 0 Å². The zero-order valence-corrected chi connectivity index (χ0v) is 10.4. The van der Waals surface area contributed by atoms with E-state index in [1.54, 1.807) is 0 Å². The molecule has 1 aromatic carbocycles. The van der Waals surface area contributed by atoms with Gasteiger partial charge in [0.05, 0.1) is 6.04 Å². The van der Waals surface area contributed by atoms with Crippen LogP contribution in [0.1, 0.15) is 31.7 Å². The molecule has 4 nitrogen and oxygen atoms in total. The van der Waals surface area contributed by atoms with E-state index in [-0.39, 0.29) is 11.9 Å². The molecule has 2 unspecified atom stereocenters. The van der Waals surface area contributed by atoms with E-state index in [0.717, 1.165) is 13.0 Å². The van der Waals surface area contributed by atoms with Gasteiger partial charge in [-0.05, 0) is 31.4 Å². The van der Waals surface area contributed by atoms with Crippen LogP contribution in [0.15, 0.2) is 35.5 Å². The molecule has 0 saturated carbocycles. The third-order valence-electron chi connectivity index (χ3n) is 2.96. The zero-order chi connectivity index (χ0) is 12.7. The number of hydrogen-bond donors (Lipinski definition) is 3. The summed E-state index contributed by atoms with van der Waals surface area (Å²) in [5.74, 6) is 0.723. The van der Waals surface area contributed by atoms with Crippen molar-refractivity contribution in [2.75, 3.05) is 6.54 Å². The average molecular weight is 235 g/mol. The predicted octanol–water partition coefficient (Wildman–Crippen LogP) is 1.90. The van der Waals surface area contributed by atoms with Crippen LogP contribution in [-0.4, -0.2) is 23.6 Å². The molecule has 0 bridgehead atoms. The van der Waals surface area contributed by atoms with Gasteiger partial charge < -0.3 is 16.3 Å². The van der Waals surface area contributed by atoms with Crippen LogP contribution >= 0.6 is 0 Å². The minimum Gasteiger partial charge on any atom is -0.409 e. The number of nitrogens with two attached hydrogens (primary N) is 1. The first-order valence-corrected chi connectivity index (χ1v) is 5.91. The van der Waals surface area contributed by atoms with E-state index in [1.807, 2.05) is 13.0 Å². The van der Waals surface area contributed by atoms with Gasteiger partial charge in [-0.15, -0.1) is 0 Å². The fourth-order valence-corrected chi connectivity index (χ4v) is 1.66. The van der Waals surface area contributed by atoms with Crippen LogP contribution in [0.3, 0.4) is 0 Å². The topological polar surface area (TPSA) is 70.6 Å². The van der Waals surface area contributed by atoms with Crippen molar-refractivity contribution < 1.29 is 5.21 Å². The summed E-state index contributed by atoms with van der Waals surface area (Å²) >= 11 is 0. The Labute approximate surface area is 103 Å². The van der Waals surface area contributed by atoms with Crippen LogP contribution in [0, 0.1) is 0 Å². The van der Waals surface area contributed by atoms with Gasteiger partial charge in [-0.3, -0.25) is 0 Å². The number of amidine groups is 1. The molecule has 0 radical (unpaired) electrons. The quantitative estimate of drug-likeness (QED) is 0.305. The van der Waals surface area contributed by atoms with Crippen LogP contribution < -0.4 is 11.1 Å². The second-order valence-electron chi connectivity index (χ2n) is 4.30. The van der Waals surface area contributed by atoms with Crippen LogP contribution in [-0.2, 0) is 0 Å². The van der Waals surface area contributed by atoms with Gasteiger partial charge in [0.2, 0.25) is 0 Å². The van der Waals surface area contributed by atoms with Crippen LogP contribution in [0.5, 0.6) is 0 Å². The summed E-state index contributed by atoms with van der Waals surface area (Å²) in [7, 11) is 0. The maximum atomic E-state index is 8.51. The largest absolute Gasteiger partial charge is 0.409 e. The fourth-order valence-electron chi connectivity index (χ4n) is 1.66. The Hall–Kier alpha value is -1.55. The summed E-state index contributed by atoms with van der Waals surface area (Å²) in [6, 6.07) is 10.3. The first-order valence-electron chi connectivity index (χ1n) is 5.91. The van der Waals surface area contributed by atoms with Crippen molar-refractivity contribution in [2.24, 2.45) is 10.9 Å². The molecule has 0 aromatic heterocycles. The van der Waals surface area contributed by atoms with E-state index in [4.69, 9.17) is 10.9 Å². The summed E-state index contributed by atoms with van der Waals surface area (Å²) in [4.78, 5) is 0. The maximum Gasteiger partial charge on any atom is 0.156 e. The van der Waals surface area contributed by atoms with Crippen molar-refractivity contribution in [2.45, 2.75) is 32.2 Å². The van der Waals surface area contributed by atoms with E-state index >= 15 is 0 Å². The SMILES string of the molecule is CC(NCCC(C)c1ccccc1)C(N)=NO. The number of oxime groups is 1. The average Bonchev–Trinajstić information content (AvgIpc) is 2.38. The Balaban J connectivity index is 2.32. The molecule has 4 N–H and O–H groups in total. The monoisotopic (exact) mass is 235 g/mol. The Morgan fingerprint density at radius 1 is 1.35 bits per heavy atom. The van der Waals surface area contributed by atoms with Gasteiger partial charge in [-0.1, -0.05) is 42.4 Å². The Kier molecular flexibility index (Phi) is 5.49. The van der Waals surface area contributed by atoms with E-state index in [1.165, 1.54) is 5.56 Å². The molecule has 2 atom stereocenters. The van der Waals surface area contributed by atoms with Gasteiger partial charge in [0, 0.05) is 0 Å². The molecule has 0 spiro atoms. The molecular weight excluding hydrogens is 214 g/mol. The standard InChI is InChI=1S/C13H21N3O/c1-10(12-6-4-3-5-7-12)8-9-15-11(2)13(14)16-17/h3-7,10-11,15,17H,8-9H2,1-2H3,(H2,14,16). The molecule has 1 rings (SSSR count). The molecule has 0 saturated heterocycles. The molecule has 4 heteroatoms. The summed E-state index contributed by atoms with van der Waals surface area (Å²) in [6.45, 7) is 4.92. The molecular formula is C13H21N3O. The Morgan fingerprint density at radius 3 is 2.59 bits per heavy atom. The van der Waals surface area contributed by atoms with Crippen molar-refractivity contribution in [3.05, 3.63) is 35.9 Å². The van der Waals surface area contributed by atoms with Gasteiger partial charge in [-0.2, -0.15) is 0 Å².